The average molecular weight is 406 g/mol. The molecule has 0 saturated carbocycles. The Labute approximate surface area is 165 Å². The van der Waals surface area contributed by atoms with Gasteiger partial charge in [-0.2, -0.15) is 4.68 Å². The molecular formula is C18H17ClFN5OS. The Morgan fingerprint density at radius 1 is 1.26 bits per heavy atom. The molecule has 0 unspecified atom stereocenters. The number of anilines is 1. The van der Waals surface area contributed by atoms with Crippen molar-refractivity contribution in [1.29, 1.82) is 0 Å². The monoisotopic (exact) mass is 405 g/mol. The predicted octanol–water partition coefficient (Wildman–Crippen LogP) is 4.19. The van der Waals surface area contributed by atoms with Crippen molar-refractivity contribution in [2.75, 3.05) is 5.32 Å². The van der Waals surface area contributed by atoms with Gasteiger partial charge in [0.25, 0.3) is 0 Å². The zero-order valence-corrected chi connectivity index (χ0v) is 16.5. The number of rotatable bonds is 5. The minimum Gasteiger partial charge on any atom is -0.325 e. The van der Waals surface area contributed by atoms with Crippen LogP contribution in [-0.2, 0) is 4.79 Å². The molecule has 3 rings (SSSR count). The lowest BCUT2D eigenvalue weighted by Gasteiger charge is -2.14. The summed E-state index contributed by atoms with van der Waals surface area (Å²) < 4.78 is 14.9. The van der Waals surface area contributed by atoms with Crippen molar-refractivity contribution in [3.63, 3.8) is 0 Å². The Morgan fingerprint density at radius 2 is 1.96 bits per heavy atom. The van der Waals surface area contributed by atoms with Crippen molar-refractivity contribution in [2.24, 2.45) is 0 Å². The number of halogens is 2. The number of amides is 1. The molecule has 0 radical (unpaired) electrons. The topological polar surface area (TPSA) is 72.7 Å². The van der Waals surface area contributed by atoms with Crippen LogP contribution in [0.4, 0.5) is 10.1 Å². The van der Waals surface area contributed by atoms with E-state index in [1.807, 2.05) is 32.0 Å². The van der Waals surface area contributed by atoms with E-state index in [0.717, 1.165) is 16.8 Å². The molecule has 1 heterocycles. The quantitative estimate of drug-likeness (QED) is 0.644. The number of tetrazole rings is 1. The highest BCUT2D eigenvalue weighted by Crippen LogP contribution is 2.27. The third kappa shape index (κ3) is 4.28. The summed E-state index contributed by atoms with van der Waals surface area (Å²) in [5.74, 6) is -0.802. The zero-order chi connectivity index (χ0) is 19.6. The number of nitrogens with one attached hydrogen (secondary N) is 1. The molecule has 0 spiro atoms. The second-order valence-corrected chi connectivity index (χ2v) is 7.71. The van der Waals surface area contributed by atoms with Gasteiger partial charge in [0.05, 0.1) is 16.0 Å². The van der Waals surface area contributed by atoms with E-state index in [9.17, 15) is 9.18 Å². The first kappa shape index (κ1) is 19.3. The maximum atomic E-state index is 13.2. The number of thioether (sulfide) groups is 1. The van der Waals surface area contributed by atoms with Crippen LogP contribution in [0, 0.1) is 19.7 Å². The molecule has 1 atom stereocenters. The number of aryl methyl sites for hydroxylation is 2. The van der Waals surface area contributed by atoms with E-state index >= 15 is 0 Å². The summed E-state index contributed by atoms with van der Waals surface area (Å²) in [6.07, 6.45) is 0. The van der Waals surface area contributed by atoms with Gasteiger partial charge in [-0.1, -0.05) is 41.6 Å². The molecule has 1 amide bonds. The molecule has 0 bridgehead atoms. The normalized spacial score (nSPS) is 12.0. The Morgan fingerprint density at radius 3 is 2.63 bits per heavy atom. The Hall–Kier alpha value is -2.45. The van der Waals surface area contributed by atoms with E-state index in [2.05, 4.69) is 20.8 Å². The predicted molar refractivity (Wildman–Crippen MR) is 104 cm³/mol. The minimum absolute atomic E-state index is 0.0490. The van der Waals surface area contributed by atoms with E-state index in [0.29, 0.717) is 10.8 Å². The molecule has 6 nitrogen and oxygen atoms in total. The zero-order valence-electron chi connectivity index (χ0n) is 14.9. The van der Waals surface area contributed by atoms with Gasteiger partial charge in [0.15, 0.2) is 0 Å². The summed E-state index contributed by atoms with van der Waals surface area (Å²) in [5.41, 5.74) is 3.38. The molecule has 9 heteroatoms. The van der Waals surface area contributed by atoms with Crippen molar-refractivity contribution in [3.05, 3.63) is 58.4 Å². The third-order valence-electron chi connectivity index (χ3n) is 3.93. The highest BCUT2D eigenvalue weighted by atomic mass is 35.5. The van der Waals surface area contributed by atoms with Crippen LogP contribution >= 0.6 is 23.4 Å². The van der Waals surface area contributed by atoms with Crippen molar-refractivity contribution in [1.82, 2.24) is 20.2 Å². The lowest BCUT2D eigenvalue weighted by molar-refractivity contribution is -0.115. The molecule has 140 valence electrons. The number of aromatic nitrogens is 4. The summed E-state index contributed by atoms with van der Waals surface area (Å²) in [6, 6.07) is 9.95. The van der Waals surface area contributed by atoms with E-state index in [4.69, 9.17) is 11.6 Å². The maximum absolute atomic E-state index is 13.2. The van der Waals surface area contributed by atoms with Gasteiger partial charge in [0.2, 0.25) is 11.1 Å². The number of benzene rings is 2. The van der Waals surface area contributed by atoms with Crippen LogP contribution in [0.2, 0.25) is 5.02 Å². The van der Waals surface area contributed by atoms with Crippen molar-refractivity contribution < 1.29 is 9.18 Å². The summed E-state index contributed by atoms with van der Waals surface area (Å²) in [4.78, 5) is 12.5. The van der Waals surface area contributed by atoms with Gasteiger partial charge in [-0.05, 0) is 60.5 Å². The second kappa shape index (κ2) is 8.06. The van der Waals surface area contributed by atoms with Crippen LogP contribution in [0.15, 0.2) is 41.6 Å². The Kier molecular flexibility index (Phi) is 5.76. The van der Waals surface area contributed by atoms with Gasteiger partial charge in [0, 0.05) is 5.69 Å². The van der Waals surface area contributed by atoms with Gasteiger partial charge < -0.3 is 5.32 Å². The number of para-hydroxylation sites is 1. The number of nitrogens with zero attached hydrogens (tertiary/aromatic N) is 4. The van der Waals surface area contributed by atoms with Crippen molar-refractivity contribution in [2.45, 2.75) is 31.2 Å². The highest BCUT2D eigenvalue weighted by molar-refractivity contribution is 8.00. The molecule has 27 heavy (non-hydrogen) atoms. The molecule has 0 aliphatic carbocycles. The molecule has 2 aromatic carbocycles. The Bertz CT molecular complexity index is 973. The largest absolute Gasteiger partial charge is 0.325 e. The molecule has 0 aliphatic rings. The molecule has 1 N–H and O–H groups in total. The Balaban J connectivity index is 1.77. The fourth-order valence-corrected chi connectivity index (χ4v) is 3.54. The van der Waals surface area contributed by atoms with E-state index in [1.165, 1.54) is 30.0 Å². The van der Waals surface area contributed by atoms with E-state index in [1.54, 1.807) is 11.6 Å². The first-order chi connectivity index (χ1) is 12.9. The molecule has 3 aromatic rings. The smallest absolute Gasteiger partial charge is 0.237 e. The summed E-state index contributed by atoms with van der Waals surface area (Å²) in [7, 11) is 0. The van der Waals surface area contributed by atoms with Crippen LogP contribution in [0.1, 0.15) is 18.1 Å². The number of hydrogen-bond acceptors (Lipinski definition) is 5. The van der Waals surface area contributed by atoms with Gasteiger partial charge in [-0.15, -0.1) is 5.10 Å². The van der Waals surface area contributed by atoms with Crippen LogP contribution in [0.3, 0.4) is 0 Å². The van der Waals surface area contributed by atoms with E-state index in [-0.39, 0.29) is 10.9 Å². The number of carbonyl (C=O) groups excluding carboxylic acids is 1. The van der Waals surface area contributed by atoms with Gasteiger partial charge in [-0.3, -0.25) is 4.79 Å². The molecule has 0 fully saturated rings. The van der Waals surface area contributed by atoms with Gasteiger partial charge in [0.1, 0.15) is 5.82 Å². The van der Waals surface area contributed by atoms with Crippen molar-refractivity contribution >= 4 is 35.0 Å². The number of carbonyl (C=O) groups is 1. The fourth-order valence-electron chi connectivity index (χ4n) is 2.56. The van der Waals surface area contributed by atoms with Crippen LogP contribution < -0.4 is 5.32 Å². The lowest BCUT2D eigenvalue weighted by Crippen LogP contribution is -2.23. The fraction of sp³-hybridized carbons (Fsp3) is 0.222. The van der Waals surface area contributed by atoms with E-state index < -0.39 is 11.1 Å². The van der Waals surface area contributed by atoms with Crippen molar-refractivity contribution in [3.8, 4) is 5.69 Å². The van der Waals surface area contributed by atoms with Crippen LogP contribution in [0.5, 0.6) is 0 Å². The first-order valence-electron chi connectivity index (χ1n) is 8.14. The SMILES string of the molecule is Cc1cccc(C)c1-n1nnnc1S[C@@H](C)C(=O)Nc1ccc(F)c(Cl)c1. The summed E-state index contributed by atoms with van der Waals surface area (Å²) >= 11 is 6.98. The maximum Gasteiger partial charge on any atom is 0.237 e. The summed E-state index contributed by atoms with van der Waals surface area (Å²) in [6.45, 7) is 5.70. The van der Waals surface area contributed by atoms with Crippen LogP contribution in [0.25, 0.3) is 5.69 Å². The standard InChI is InChI=1S/C18H17ClFN5OS/c1-10-5-4-6-11(2)16(10)25-18(22-23-24-25)27-12(3)17(26)21-13-7-8-15(20)14(19)9-13/h4-9,12H,1-3H3,(H,21,26)/t12-/m0/s1. The van der Waals surface area contributed by atoms with Gasteiger partial charge in [-0.25, -0.2) is 4.39 Å². The number of hydrogen-bond donors (Lipinski definition) is 1. The minimum atomic E-state index is -0.537. The van der Waals surface area contributed by atoms with Gasteiger partial charge >= 0.3 is 0 Å². The highest BCUT2D eigenvalue weighted by Gasteiger charge is 2.21. The second-order valence-electron chi connectivity index (χ2n) is 5.99. The molecule has 1 aromatic heterocycles. The molecule has 0 aliphatic heterocycles. The average Bonchev–Trinajstić information content (AvgIpc) is 3.06. The van der Waals surface area contributed by atoms with Crippen LogP contribution in [-0.4, -0.2) is 31.4 Å². The lowest BCUT2D eigenvalue weighted by atomic mass is 10.1. The summed E-state index contributed by atoms with van der Waals surface area (Å²) in [5, 5.41) is 14.6. The molecular weight excluding hydrogens is 389 g/mol. The first-order valence-corrected chi connectivity index (χ1v) is 9.40. The molecule has 0 saturated heterocycles. The third-order valence-corrected chi connectivity index (χ3v) is 5.25.